The molecule has 0 fully saturated rings. The first-order valence-corrected chi connectivity index (χ1v) is 7.63. The summed E-state index contributed by atoms with van der Waals surface area (Å²) in [6.45, 7) is -0.0969. The summed E-state index contributed by atoms with van der Waals surface area (Å²) in [4.78, 5) is 0. The monoisotopic (exact) mass is 310 g/mol. The molecule has 2 aromatic heterocycles. The van der Waals surface area contributed by atoms with Crippen molar-refractivity contribution in [3.63, 3.8) is 0 Å². The second kappa shape index (κ2) is 5.38. The Hall–Kier alpha value is -2.34. The molecule has 23 heavy (non-hydrogen) atoms. The van der Waals surface area contributed by atoms with Crippen molar-refractivity contribution in [2.45, 2.75) is 25.7 Å². The van der Waals surface area contributed by atoms with Crippen molar-refractivity contribution in [2.24, 2.45) is 0 Å². The van der Waals surface area contributed by atoms with Gasteiger partial charge in [0.25, 0.3) is 0 Å². The number of fused-ring (bicyclic) bond motifs is 2. The van der Waals surface area contributed by atoms with Gasteiger partial charge in [-0.1, -0.05) is 24.3 Å². The molecule has 1 unspecified atom stereocenters. The molecule has 1 atom stereocenters. The maximum Gasteiger partial charge on any atom is 0.0765 e. The Morgan fingerprint density at radius 1 is 1.00 bits per heavy atom. The Kier molecular flexibility index (Phi) is 3.34. The lowest BCUT2D eigenvalue weighted by atomic mass is 9.99. The molecule has 0 bridgehead atoms. The van der Waals surface area contributed by atoms with Gasteiger partial charge in [-0.05, 0) is 17.7 Å². The minimum Gasteiger partial charge on any atom is -0.392 e. The molecule has 5 nitrogen and oxygen atoms in total. The molecule has 3 aromatic rings. The van der Waals surface area contributed by atoms with Crippen LogP contribution >= 0.6 is 0 Å². The molecular formula is C18H18N2O3. The summed E-state index contributed by atoms with van der Waals surface area (Å²) in [6, 6.07) is 7.90. The zero-order valence-corrected chi connectivity index (χ0v) is 12.6. The minimum atomic E-state index is -0.516. The fourth-order valence-electron chi connectivity index (χ4n) is 3.34. The van der Waals surface area contributed by atoms with Crippen molar-refractivity contribution in [3.8, 4) is 0 Å². The molecule has 0 amide bonds. The van der Waals surface area contributed by atoms with Gasteiger partial charge in [-0.25, -0.2) is 0 Å². The van der Waals surface area contributed by atoms with Crippen molar-refractivity contribution in [1.29, 1.82) is 0 Å². The van der Waals surface area contributed by atoms with Crippen LogP contribution < -0.4 is 0 Å². The van der Waals surface area contributed by atoms with Gasteiger partial charge < -0.3 is 15.3 Å². The first-order chi connectivity index (χ1) is 11.2. The third-order valence-corrected chi connectivity index (χ3v) is 4.46. The Balaban J connectivity index is 1.99. The van der Waals surface area contributed by atoms with E-state index in [9.17, 15) is 15.3 Å². The van der Waals surface area contributed by atoms with Gasteiger partial charge in [0.1, 0.15) is 0 Å². The number of hydrogen-bond acceptors (Lipinski definition) is 3. The lowest BCUT2D eigenvalue weighted by Gasteiger charge is -2.16. The predicted octanol–water partition coefficient (Wildman–Crippen LogP) is 1.67. The molecule has 0 spiro atoms. The van der Waals surface area contributed by atoms with E-state index in [0.717, 1.165) is 33.3 Å². The summed E-state index contributed by atoms with van der Waals surface area (Å²) in [5.74, 6) is 0. The van der Waals surface area contributed by atoms with Crippen LogP contribution in [0.4, 0.5) is 0 Å². The molecule has 1 aliphatic rings. The van der Waals surface area contributed by atoms with Gasteiger partial charge >= 0.3 is 0 Å². The second-order valence-electron chi connectivity index (χ2n) is 5.83. The molecule has 118 valence electrons. The summed E-state index contributed by atoms with van der Waals surface area (Å²) in [5.41, 5.74) is 4.56. The average molecular weight is 310 g/mol. The molecule has 0 saturated heterocycles. The normalized spacial score (nSPS) is 16.9. The summed E-state index contributed by atoms with van der Waals surface area (Å²) in [6.07, 6.45) is 7.43. The van der Waals surface area contributed by atoms with Crippen molar-refractivity contribution in [1.82, 2.24) is 9.35 Å². The van der Waals surface area contributed by atoms with E-state index in [-0.39, 0.29) is 13.2 Å². The fourth-order valence-corrected chi connectivity index (χ4v) is 3.34. The number of aliphatic hydroxyl groups excluding tert-OH is 3. The largest absolute Gasteiger partial charge is 0.392 e. The van der Waals surface area contributed by atoms with Crippen molar-refractivity contribution in [3.05, 3.63) is 65.1 Å². The second-order valence-corrected chi connectivity index (χ2v) is 5.83. The van der Waals surface area contributed by atoms with E-state index < -0.39 is 6.10 Å². The van der Waals surface area contributed by atoms with Crippen LogP contribution in [0.1, 0.15) is 22.4 Å². The molecule has 4 rings (SSSR count). The zero-order valence-electron chi connectivity index (χ0n) is 12.6. The Morgan fingerprint density at radius 2 is 1.74 bits per heavy atom. The van der Waals surface area contributed by atoms with Crippen LogP contribution in [0.5, 0.6) is 0 Å². The standard InChI is InChI=1S/C18H18N2O3/c21-10-12-8-19(17-4-2-1-3-15(12)17)20-9-13(11-22)16-7-14(23)5-6-18(16)20/h1-6,8-9,14,21-23H,7,10-11H2. The first-order valence-electron chi connectivity index (χ1n) is 7.63. The van der Waals surface area contributed by atoms with Crippen LogP contribution in [0, 0.1) is 0 Å². The summed E-state index contributed by atoms with van der Waals surface area (Å²) in [7, 11) is 0. The number of nitrogens with zero attached hydrogens (tertiary/aromatic N) is 2. The lowest BCUT2D eigenvalue weighted by Crippen LogP contribution is -2.15. The van der Waals surface area contributed by atoms with E-state index in [1.165, 1.54) is 0 Å². The number of hydrogen-bond donors (Lipinski definition) is 3. The Labute approximate surface area is 133 Å². The summed E-state index contributed by atoms with van der Waals surface area (Å²) in [5, 5.41) is 30.1. The van der Waals surface area contributed by atoms with Gasteiger partial charge in [0.2, 0.25) is 0 Å². The third kappa shape index (κ3) is 2.13. The summed E-state index contributed by atoms with van der Waals surface area (Å²) >= 11 is 0. The smallest absolute Gasteiger partial charge is 0.0765 e. The predicted molar refractivity (Wildman–Crippen MR) is 87.8 cm³/mol. The van der Waals surface area contributed by atoms with Gasteiger partial charge in [-0.15, -0.1) is 0 Å². The highest BCUT2D eigenvalue weighted by Crippen LogP contribution is 2.28. The zero-order chi connectivity index (χ0) is 16.0. The molecule has 2 heterocycles. The van der Waals surface area contributed by atoms with Crippen molar-refractivity contribution < 1.29 is 15.3 Å². The topological polar surface area (TPSA) is 70.5 Å². The molecule has 0 aliphatic heterocycles. The van der Waals surface area contributed by atoms with E-state index in [2.05, 4.69) is 0 Å². The third-order valence-electron chi connectivity index (χ3n) is 4.46. The number of rotatable bonds is 3. The van der Waals surface area contributed by atoms with E-state index in [1.54, 1.807) is 6.08 Å². The van der Waals surface area contributed by atoms with Gasteiger partial charge in [0, 0.05) is 35.3 Å². The quantitative estimate of drug-likeness (QED) is 0.689. The molecule has 5 heteroatoms. The van der Waals surface area contributed by atoms with Crippen molar-refractivity contribution in [2.75, 3.05) is 0 Å². The van der Waals surface area contributed by atoms with E-state index in [4.69, 9.17) is 0 Å². The van der Waals surface area contributed by atoms with Crippen LogP contribution in [-0.4, -0.2) is 30.8 Å². The van der Waals surface area contributed by atoms with Gasteiger partial charge in [-0.3, -0.25) is 9.35 Å². The molecule has 3 N–H and O–H groups in total. The van der Waals surface area contributed by atoms with Gasteiger partial charge in [-0.2, -0.15) is 0 Å². The molecule has 1 aromatic carbocycles. The number of benzene rings is 1. The Bertz CT molecular complexity index is 905. The number of aromatic nitrogens is 2. The van der Waals surface area contributed by atoms with E-state index >= 15 is 0 Å². The highest BCUT2D eigenvalue weighted by molar-refractivity contribution is 5.84. The number of para-hydroxylation sites is 1. The van der Waals surface area contributed by atoms with Gasteiger partial charge in [0.15, 0.2) is 0 Å². The van der Waals surface area contributed by atoms with Crippen LogP contribution in [0.25, 0.3) is 17.0 Å². The van der Waals surface area contributed by atoms with Crippen LogP contribution in [0.2, 0.25) is 0 Å². The Morgan fingerprint density at radius 3 is 2.52 bits per heavy atom. The van der Waals surface area contributed by atoms with Crippen LogP contribution in [0.15, 0.2) is 42.7 Å². The highest BCUT2D eigenvalue weighted by Gasteiger charge is 2.21. The minimum absolute atomic E-state index is 0.0294. The first kappa shape index (κ1) is 14.3. The van der Waals surface area contributed by atoms with Crippen LogP contribution in [-0.2, 0) is 19.6 Å². The SMILES string of the molecule is OCc1cn(-n2cc(CO)c3ccccc32)c2c1CC(O)C=C2. The molecule has 0 radical (unpaired) electrons. The summed E-state index contributed by atoms with van der Waals surface area (Å²) < 4.78 is 3.94. The highest BCUT2D eigenvalue weighted by atomic mass is 16.3. The van der Waals surface area contributed by atoms with Crippen molar-refractivity contribution >= 4 is 17.0 Å². The van der Waals surface area contributed by atoms with E-state index in [0.29, 0.717) is 6.42 Å². The maximum atomic E-state index is 9.85. The fraction of sp³-hybridized carbons (Fsp3) is 0.222. The van der Waals surface area contributed by atoms with Crippen LogP contribution in [0.3, 0.4) is 0 Å². The molecular weight excluding hydrogens is 292 g/mol. The number of aliphatic hydroxyl groups is 3. The average Bonchev–Trinajstić information content (AvgIpc) is 3.12. The lowest BCUT2D eigenvalue weighted by molar-refractivity contribution is 0.221. The molecule has 0 saturated carbocycles. The molecule has 1 aliphatic carbocycles. The maximum absolute atomic E-state index is 9.85. The van der Waals surface area contributed by atoms with E-state index in [1.807, 2.05) is 52.1 Å². The van der Waals surface area contributed by atoms with Gasteiger partial charge in [0.05, 0.1) is 30.5 Å².